The molecule has 0 aliphatic rings. The van der Waals surface area contributed by atoms with Crippen LogP contribution in [0, 0.1) is 0 Å². The van der Waals surface area contributed by atoms with Crippen LogP contribution in [0.3, 0.4) is 0 Å². The fourth-order valence-corrected chi connectivity index (χ4v) is 1.75. The molecule has 0 radical (unpaired) electrons. The Morgan fingerprint density at radius 2 is 1.82 bits per heavy atom. The Morgan fingerprint density at radius 3 is 2.18 bits per heavy atom. The molecule has 0 saturated carbocycles. The molecule has 1 aromatic carbocycles. The van der Waals surface area contributed by atoms with E-state index in [0.717, 1.165) is 19.1 Å². The summed E-state index contributed by atoms with van der Waals surface area (Å²) < 4.78 is 0. The predicted octanol–water partition coefficient (Wildman–Crippen LogP) is 2.18. The summed E-state index contributed by atoms with van der Waals surface area (Å²) in [5.74, 6) is 0.0713. The number of likely N-dealkylation sites (N-methyl/N-ethyl adjacent to an activating group) is 1. The first-order valence-electron chi connectivity index (χ1n) is 5.48. The van der Waals surface area contributed by atoms with Gasteiger partial charge in [-0.25, -0.2) is 0 Å². The van der Waals surface area contributed by atoms with E-state index < -0.39 is 5.97 Å². The molecule has 0 amide bonds. The fraction of sp³-hybridized carbons (Fsp3) is 0.462. The summed E-state index contributed by atoms with van der Waals surface area (Å²) >= 11 is 4.34. The Labute approximate surface area is 109 Å². The highest BCUT2D eigenvalue weighted by atomic mass is 32.1. The number of aliphatic carboxylic acids is 1. The van der Waals surface area contributed by atoms with Gasteiger partial charge < -0.3 is 10.0 Å². The van der Waals surface area contributed by atoms with Gasteiger partial charge in [0.25, 0.3) is 5.97 Å². The van der Waals surface area contributed by atoms with Crippen LogP contribution in [0.5, 0.6) is 0 Å². The molecular formula is C13H21NO2S. The van der Waals surface area contributed by atoms with Crippen LogP contribution < -0.4 is 0 Å². The van der Waals surface area contributed by atoms with Gasteiger partial charge in [0.1, 0.15) is 0 Å². The molecule has 4 heteroatoms. The highest BCUT2D eigenvalue weighted by Crippen LogP contribution is 2.07. The van der Waals surface area contributed by atoms with E-state index in [2.05, 4.69) is 62.0 Å². The minimum absolute atomic E-state index is 0.533. The molecule has 0 spiro atoms. The second-order valence-electron chi connectivity index (χ2n) is 4.01. The Morgan fingerprint density at radius 1 is 1.35 bits per heavy atom. The second-order valence-corrected chi connectivity index (χ2v) is 4.37. The molecule has 1 N–H and O–H groups in total. The van der Waals surface area contributed by atoms with Crippen molar-refractivity contribution in [3.05, 3.63) is 35.9 Å². The highest BCUT2D eigenvalue weighted by molar-refractivity contribution is 7.80. The molecule has 0 saturated heterocycles. The van der Waals surface area contributed by atoms with Crippen LogP contribution in [0.15, 0.2) is 30.3 Å². The molecule has 0 heterocycles. The largest absolute Gasteiger partial charge is 0.481 e. The zero-order valence-electron chi connectivity index (χ0n) is 10.6. The molecule has 1 aromatic rings. The average molecular weight is 255 g/mol. The van der Waals surface area contributed by atoms with Gasteiger partial charge in [0.05, 0.1) is 0 Å². The van der Waals surface area contributed by atoms with E-state index in [0.29, 0.717) is 6.04 Å². The summed E-state index contributed by atoms with van der Waals surface area (Å²) in [4.78, 5) is 11.2. The molecule has 0 aromatic heterocycles. The molecule has 0 unspecified atom stereocenters. The van der Waals surface area contributed by atoms with Gasteiger partial charge in [-0.05, 0) is 26.1 Å². The van der Waals surface area contributed by atoms with Crippen molar-refractivity contribution >= 4 is 18.6 Å². The molecule has 96 valence electrons. The number of carboxylic acid groups (broad SMARTS) is 1. The van der Waals surface area contributed by atoms with E-state index in [-0.39, 0.29) is 0 Å². The Hall–Kier alpha value is -1.00. The lowest BCUT2D eigenvalue weighted by molar-refractivity contribution is -0.134. The van der Waals surface area contributed by atoms with Crippen molar-refractivity contribution in [1.82, 2.24) is 4.90 Å². The Bertz CT molecular complexity index is 310. The molecule has 0 aliphatic heterocycles. The Balaban J connectivity index is 0.000000557. The van der Waals surface area contributed by atoms with Gasteiger partial charge in [-0.1, -0.05) is 30.3 Å². The van der Waals surface area contributed by atoms with E-state index in [1.54, 1.807) is 0 Å². The standard InChI is InChI=1S/C11H17NS.C2H4O2/c1-12(2)11(9-13)8-10-6-4-3-5-7-10;1-2(3)4/h3-7,11,13H,8-9H2,1-2H3;1H3,(H,3,4)/t11-;/m0./s1. The van der Waals surface area contributed by atoms with Crippen LogP contribution in [0.1, 0.15) is 12.5 Å². The van der Waals surface area contributed by atoms with E-state index >= 15 is 0 Å². The van der Waals surface area contributed by atoms with Gasteiger partial charge >= 0.3 is 0 Å². The van der Waals surface area contributed by atoms with Gasteiger partial charge in [-0.2, -0.15) is 12.6 Å². The maximum Gasteiger partial charge on any atom is 0.300 e. The summed E-state index contributed by atoms with van der Waals surface area (Å²) in [5, 5.41) is 7.42. The molecular weight excluding hydrogens is 234 g/mol. The van der Waals surface area contributed by atoms with Gasteiger partial charge in [-0.3, -0.25) is 4.79 Å². The van der Waals surface area contributed by atoms with Crippen molar-refractivity contribution in [3.63, 3.8) is 0 Å². The number of thiol groups is 1. The first kappa shape index (κ1) is 16.0. The molecule has 1 atom stereocenters. The van der Waals surface area contributed by atoms with Crippen LogP contribution in [0.25, 0.3) is 0 Å². The summed E-state index contributed by atoms with van der Waals surface area (Å²) in [6.07, 6.45) is 1.08. The van der Waals surface area contributed by atoms with Crippen molar-refractivity contribution in [2.45, 2.75) is 19.4 Å². The van der Waals surface area contributed by atoms with Crippen molar-refractivity contribution < 1.29 is 9.90 Å². The molecule has 0 fully saturated rings. The monoisotopic (exact) mass is 255 g/mol. The summed E-state index contributed by atoms with van der Waals surface area (Å²) in [6, 6.07) is 11.1. The number of nitrogens with zero attached hydrogens (tertiary/aromatic N) is 1. The van der Waals surface area contributed by atoms with Crippen LogP contribution in [-0.4, -0.2) is 41.9 Å². The first-order valence-corrected chi connectivity index (χ1v) is 6.11. The third kappa shape index (κ3) is 8.77. The summed E-state index contributed by atoms with van der Waals surface area (Å²) in [6.45, 7) is 1.08. The van der Waals surface area contributed by atoms with Gasteiger partial charge in [0.15, 0.2) is 0 Å². The molecule has 0 bridgehead atoms. The topological polar surface area (TPSA) is 40.5 Å². The quantitative estimate of drug-likeness (QED) is 0.810. The third-order valence-electron chi connectivity index (χ3n) is 2.26. The molecule has 17 heavy (non-hydrogen) atoms. The smallest absolute Gasteiger partial charge is 0.300 e. The molecule has 3 nitrogen and oxygen atoms in total. The van der Waals surface area contributed by atoms with E-state index in [4.69, 9.17) is 9.90 Å². The van der Waals surface area contributed by atoms with Gasteiger partial charge in [0.2, 0.25) is 0 Å². The number of benzene rings is 1. The number of hydrogen-bond acceptors (Lipinski definition) is 3. The van der Waals surface area contributed by atoms with Gasteiger partial charge in [-0.15, -0.1) is 0 Å². The van der Waals surface area contributed by atoms with Crippen LogP contribution >= 0.6 is 12.6 Å². The number of hydrogen-bond donors (Lipinski definition) is 2. The van der Waals surface area contributed by atoms with Crippen LogP contribution in [0.2, 0.25) is 0 Å². The van der Waals surface area contributed by atoms with E-state index in [1.165, 1.54) is 5.56 Å². The normalized spacial score (nSPS) is 11.6. The average Bonchev–Trinajstić information content (AvgIpc) is 2.26. The number of rotatable bonds is 4. The van der Waals surface area contributed by atoms with E-state index in [9.17, 15) is 0 Å². The number of carboxylic acids is 1. The van der Waals surface area contributed by atoms with Crippen molar-refractivity contribution in [2.75, 3.05) is 19.8 Å². The zero-order valence-corrected chi connectivity index (χ0v) is 11.5. The van der Waals surface area contributed by atoms with Crippen molar-refractivity contribution in [1.29, 1.82) is 0 Å². The third-order valence-corrected chi connectivity index (χ3v) is 2.68. The lowest BCUT2D eigenvalue weighted by atomic mass is 10.1. The molecule has 0 aliphatic carbocycles. The fourth-order valence-electron chi connectivity index (χ4n) is 1.30. The second kappa shape index (κ2) is 9.07. The summed E-state index contributed by atoms with van der Waals surface area (Å²) in [7, 11) is 4.20. The maximum absolute atomic E-state index is 9.00. The zero-order chi connectivity index (χ0) is 13.3. The van der Waals surface area contributed by atoms with Crippen molar-refractivity contribution in [3.8, 4) is 0 Å². The lowest BCUT2D eigenvalue weighted by Crippen LogP contribution is -2.31. The SMILES string of the molecule is CC(=O)O.CN(C)[C@H](CS)Cc1ccccc1. The highest BCUT2D eigenvalue weighted by Gasteiger charge is 2.09. The van der Waals surface area contributed by atoms with E-state index in [1.807, 2.05) is 0 Å². The maximum atomic E-state index is 9.00. The minimum atomic E-state index is -0.833. The lowest BCUT2D eigenvalue weighted by Gasteiger charge is -2.22. The number of carbonyl (C=O) groups is 1. The Kier molecular flexibility index (Phi) is 8.54. The van der Waals surface area contributed by atoms with Crippen molar-refractivity contribution in [2.24, 2.45) is 0 Å². The molecule has 1 rings (SSSR count). The van der Waals surface area contributed by atoms with Gasteiger partial charge in [0, 0.05) is 18.7 Å². The first-order chi connectivity index (χ1) is 7.97. The minimum Gasteiger partial charge on any atom is -0.481 e. The van der Waals surface area contributed by atoms with Crippen LogP contribution in [-0.2, 0) is 11.2 Å². The predicted molar refractivity (Wildman–Crippen MR) is 74.8 cm³/mol. The van der Waals surface area contributed by atoms with Crippen LogP contribution in [0.4, 0.5) is 0 Å². The summed E-state index contributed by atoms with van der Waals surface area (Å²) in [5.41, 5.74) is 1.38.